The summed E-state index contributed by atoms with van der Waals surface area (Å²) in [5.74, 6) is -1.38. The molecule has 2 unspecified atom stereocenters. The molecule has 3 amide bonds. The number of amides is 3. The van der Waals surface area contributed by atoms with Crippen LogP contribution in [0.5, 0.6) is 0 Å². The van der Waals surface area contributed by atoms with Gasteiger partial charge in [0.05, 0.1) is 6.04 Å². The van der Waals surface area contributed by atoms with Gasteiger partial charge >= 0.3 is 29.6 Å². The van der Waals surface area contributed by atoms with Gasteiger partial charge in [0.25, 0.3) is 0 Å². The third kappa shape index (κ3) is 6.01. The Balaban J connectivity index is 0.00000200. The Kier molecular flexibility index (Phi) is 9.25. The molecule has 1 aliphatic heterocycles. The van der Waals surface area contributed by atoms with Crippen LogP contribution in [0.3, 0.4) is 0 Å². The van der Waals surface area contributed by atoms with E-state index in [0.29, 0.717) is 0 Å². The molecular weight excluding hydrogens is 455 g/mol. The summed E-state index contributed by atoms with van der Waals surface area (Å²) in [5, 5.41) is 15.7. The third-order valence-corrected chi connectivity index (χ3v) is 2.69. The Labute approximate surface area is 158 Å². The van der Waals surface area contributed by atoms with Crippen LogP contribution in [0, 0.1) is 12.2 Å². The van der Waals surface area contributed by atoms with Crippen LogP contribution >= 0.6 is 0 Å². The Morgan fingerprint density at radius 1 is 1.43 bits per heavy atom. The summed E-state index contributed by atoms with van der Waals surface area (Å²) in [6.07, 6.45) is 8.26. The van der Waals surface area contributed by atoms with Crippen molar-refractivity contribution in [3.05, 3.63) is 36.0 Å². The number of piperidine rings is 1. The van der Waals surface area contributed by atoms with E-state index in [-0.39, 0.29) is 74.9 Å². The maximum atomic E-state index is 11.9. The van der Waals surface area contributed by atoms with Crippen LogP contribution < -0.4 is 45.3 Å². The Hall–Kier alpha value is -0.522. The van der Waals surface area contributed by atoms with Crippen molar-refractivity contribution >= 4 is 17.7 Å². The average molecular weight is 466 g/mol. The summed E-state index contributed by atoms with van der Waals surface area (Å²) >= 11 is 0. The van der Waals surface area contributed by atoms with Crippen molar-refractivity contribution in [3.8, 4) is 0 Å². The van der Waals surface area contributed by atoms with Gasteiger partial charge in [0.2, 0.25) is 11.8 Å². The number of imide groups is 1. The smallest absolute Gasteiger partial charge is 0.861 e. The molecule has 1 aliphatic carbocycles. The van der Waals surface area contributed by atoms with Gasteiger partial charge in [-0.15, -0.1) is 5.57 Å². The second-order valence-electron chi connectivity index (χ2n) is 4.12. The molecule has 6 nitrogen and oxygen atoms in total. The molecule has 1 heterocycles. The van der Waals surface area contributed by atoms with Gasteiger partial charge in [0.1, 0.15) is 5.91 Å². The molecule has 0 aromatic carbocycles. The molecule has 0 bridgehead atoms. The van der Waals surface area contributed by atoms with E-state index in [1.54, 1.807) is 0 Å². The second kappa shape index (κ2) is 9.49. The standard InChI is InChI=1S/C13H11N2O4.Na.W/c16-9-3-1-2-8(4-5-9)12(18)14-10-6-7-11(17)15-13(10)19;;/h1-2,5,9-10H,6-7H2,(H,14,18)(H,15,17,19);;/q-3;+1;. The van der Waals surface area contributed by atoms with E-state index in [0.717, 1.165) is 0 Å². The molecule has 2 rings (SSSR count). The molecular formula is C13H11N2NaO4W-2. The maximum Gasteiger partial charge on any atom is 1.00 e. The second-order valence-corrected chi connectivity index (χ2v) is 4.12. The minimum atomic E-state index is -1.16. The van der Waals surface area contributed by atoms with E-state index in [2.05, 4.69) is 22.8 Å². The van der Waals surface area contributed by atoms with Crippen LogP contribution in [0.15, 0.2) is 23.8 Å². The van der Waals surface area contributed by atoms with E-state index >= 15 is 0 Å². The van der Waals surface area contributed by atoms with E-state index < -0.39 is 24.0 Å². The van der Waals surface area contributed by atoms with E-state index in [4.69, 9.17) is 0 Å². The fourth-order valence-electron chi connectivity index (χ4n) is 1.70. The third-order valence-electron chi connectivity index (χ3n) is 2.69. The molecule has 0 saturated carbocycles. The maximum absolute atomic E-state index is 11.9. The van der Waals surface area contributed by atoms with Crippen LogP contribution in [0.2, 0.25) is 0 Å². The molecule has 2 atom stereocenters. The van der Waals surface area contributed by atoms with Gasteiger partial charge in [-0.05, 0) is 6.42 Å². The minimum Gasteiger partial charge on any atom is -0.861 e. The van der Waals surface area contributed by atoms with Gasteiger partial charge < -0.3 is 15.2 Å². The van der Waals surface area contributed by atoms with Gasteiger partial charge in [0, 0.05) is 27.5 Å². The minimum absolute atomic E-state index is 0. The number of rotatable bonds is 2. The summed E-state index contributed by atoms with van der Waals surface area (Å²) in [6, 6.07) is -0.743. The number of hydrogen-bond acceptors (Lipinski definition) is 4. The average Bonchev–Trinajstić information content (AvgIpc) is 2.57. The topological polar surface area (TPSA) is 98.3 Å². The fraction of sp³-hybridized carbons (Fsp3) is 0.308. The van der Waals surface area contributed by atoms with E-state index in [9.17, 15) is 19.5 Å². The number of allylic oxidation sites excluding steroid dienone is 2. The van der Waals surface area contributed by atoms with Crippen molar-refractivity contribution < 1.29 is 70.1 Å². The Morgan fingerprint density at radius 3 is 2.81 bits per heavy atom. The Bertz CT molecular complexity index is 516. The zero-order valence-corrected chi connectivity index (χ0v) is 16.3. The SMILES string of the molecule is O=C1CCC(NC(=O)C2=CC=[C-]C([O-])C=[C-]2)C(=O)N1.[Na+].[W]. The van der Waals surface area contributed by atoms with Crippen molar-refractivity contribution in [2.24, 2.45) is 0 Å². The molecule has 0 spiro atoms. The molecule has 0 aromatic heterocycles. The monoisotopic (exact) mass is 466 g/mol. The summed E-state index contributed by atoms with van der Waals surface area (Å²) in [4.78, 5) is 34.3. The number of hydrogen-bond donors (Lipinski definition) is 2. The van der Waals surface area contributed by atoms with Gasteiger partial charge in [-0.1, -0.05) is 0 Å². The molecule has 2 aliphatic rings. The van der Waals surface area contributed by atoms with Crippen LogP contribution in [-0.4, -0.2) is 29.9 Å². The van der Waals surface area contributed by atoms with Crippen LogP contribution in [0.4, 0.5) is 0 Å². The van der Waals surface area contributed by atoms with Crippen LogP contribution in [0.1, 0.15) is 12.8 Å². The molecule has 0 aromatic rings. The first-order chi connectivity index (χ1) is 9.06. The van der Waals surface area contributed by atoms with Crippen molar-refractivity contribution in [1.29, 1.82) is 0 Å². The Morgan fingerprint density at radius 2 is 2.14 bits per heavy atom. The summed E-state index contributed by atoms with van der Waals surface area (Å²) in [6.45, 7) is 0. The zero-order valence-electron chi connectivity index (χ0n) is 11.3. The number of nitrogens with one attached hydrogen (secondary N) is 2. The summed E-state index contributed by atoms with van der Waals surface area (Å²) in [5.41, 5.74) is 0.149. The first kappa shape index (κ1) is 20.5. The van der Waals surface area contributed by atoms with Crippen molar-refractivity contribution in [3.63, 3.8) is 0 Å². The van der Waals surface area contributed by atoms with Crippen LogP contribution in [-0.2, 0) is 35.4 Å². The first-order valence-electron chi connectivity index (χ1n) is 5.76. The van der Waals surface area contributed by atoms with E-state index in [1.165, 1.54) is 18.2 Å². The van der Waals surface area contributed by atoms with Gasteiger partial charge in [0.15, 0.2) is 0 Å². The predicted octanol–water partition coefficient (Wildman–Crippen LogP) is -4.70. The summed E-state index contributed by atoms with van der Waals surface area (Å²) in [7, 11) is 0. The van der Waals surface area contributed by atoms with Gasteiger partial charge in [-0.2, -0.15) is 24.3 Å². The number of carbonyl (C=O) groups is 3. The molecule has 1 fully saturated rings. The largest absolute Gasteiger partial charge is 1.00 e. The van der Waals surface area contributed by atoms with Crippen molar-refractivity contribution in [2.75, 3.05) is 0 Å². The zero-order chi connectivity index (χ0) is 13.8. The quantitative estimate of drug-likeness (QED) is 0.243. The molecule has 106 valence electrons. The molecule has 0 radical (unpaired) electrons. The van der Waals surface area contributed by atoms with Gasteiger partial charge in [-0.3, -0.25) is 21.0 Å². The normalized spacial score (nSPS) is 24.0. The number of carbonyl (C=O) groups excluding carboxylic acids is 3. The van der Waals surface area contributed by atoms with Crippen molar-refractivity contribution in [2.45, 2.75) is 25.0 Å². The molecule has 2 N–H and O–H groups in total. The molecule has 21 heavy (non-hydrogen) atoms. The molecule has 8 heteroatoms. The van der Waals surface area contributed by atoms with Gasteiger partial charge in [-0.25, -0.2) is 6.08 Å². The van der Waals surface area contributed by atoms with Crippen molar-refractivity contribution in [1.82, 2.24) is 10.6 Å². The predicted molar refractivity (Wildman–Crippen MR) is 61.8 cm³/mol. The van der Waals surface area contributed by atoms with E-state index in [1.807, 2.05) is 0 Å². The molecule has 1 saturated heterocycles. The van der Waals surface area contributed by atoms with Crippen LogP contribution in [0.25, 0.3) is 0 Å². The fourth-order valence-corrected chi connectivity index (χ4v) is 1.70. The summed E-state index contributed by atoms with van der Waals surface area (Å²) < 4.78 is 0. The first-order valence-corrected chi connectivity index (χ1v) is 5.76.